The number of fused-ring (bicyclic) bond motifs is 1. The van der Waals surface area contributed by atoms with Crippen molar-refractivity contribution in [3.8, 4) is 11.4 Å². The van der Waals surface area contributed by atoms with E-state index in [2.05, 4.69) is 105 Å². The Morgan fingerprint density at radius 2 is 1.63 bits per heavy atom. The highest BCUT2D eigenvalue weighted by Crippen LogP contribution is 2.47. The second-order valence-electron chi connectivity index (χ2n) is 9.88. The highest BCUT2D eigenvalue weighted by atomic mass is 15.5. The number of nitrogens with zero attached hydrogens (tertiary/aromatic N) is 3. The average molecular weight is 401 g/mol. The molecule has 0 radical (unpaired) electrons. The van der Waals surface area contributed by atoms with E-state index >= 15 is 0 Å². The molecule has 0 aliphatic heterocycles. The minimum Gasteiger partial charge on any atom is -0.239 e. The van der Waals surface area contributed by atoms with Crippen molar-refractivity contribution in [1.82, 2.24) is 20.6 Å². The second kappa shape index (κ2) is 7.50. The van der Waals surface area contributed by atoms with Gasteiger partial charge in [0.2, 0.25) is 0 Å². The van der Waals surface area contributed by atoms with Gasteiger partial charge < -0.3 is 0 Å². The quantitative estimate of drug-likeness (QED) is 0.520. The summed E-state index contributed by atoms with van der Waals surface area (Å²) >= 11 is 0. The Morgan fingerprint density at radius 3 is 2.20 bits per heavy atom. The zero-order valence-electron chi connectivity index (χ0n) is 19.0. The molecule has 1 aliphatic rings. The molecule has 2 aromatic carbocycles. The lowest BCUT2D eigenvalue weighted by molar-refractivity contribution is 0.331. The maximum atomic E-state index is 3.98. The van der Waals surface area contributed by atoms with Gasteiger partial charge in [-0.25, -0.2) is 5.10 Å². The molecule has 0 fully saturated rings. The van der Waals surface area contributed by atoms with Crippen molar-refractivity contribution in [3.63, 3.8) is 0 Å². The molecule has 0 saturated heterocycles. The molecule has 1 heterocycles. The minimum atomic E-state index is 0.221. The van der Waals surface area contributed by atoms with Gasteiger partial charge in [0, 0.05) is 5.56 Å². The third-order valence-electron chi connectivity index (χ3n) is 6.79. The van der Waals surface area contributed by atoms with Crippen molar-refractivity contribution in [2.24, 2.45) is 0 Å². The molecule has 1 N–H and O–H groups in total. The molecule has 0 saturated carbocycles. The van der Waals surface area contributed by atoms with Gasteiger partial charge in [-0.1, -0.05) is 77.1 Å². The molecule has 4 nitrogen and oxygen atoms in total. The lowest BCUT2D eigenvalue weighted by Gasteiger charge is -2.42. The Bertz CT molecular complexity index is 1070. The van der Waals surface area contributed by atoms with Crippen LogP contribution >= 0.6 is 0 Å². The molecule has 0 amide bonds. The number of H-pyrrole nitrogens is 1. The molecule has 156 valence electrons. The maximum Gasteiger partial charge on any atom is 0.179 e. The first-order valence-electron chi connectivity index (χ1n) is 10.9. The zero-order chi connectivity index (χ0) is 21.5. The summed E-state index contributed by atoms with van der Waals surface area (Å²) in [5, 5.41) is 14.1. The molecule has 0 bridgehead atoms. The van der Waals surface area contributed by atoms with Crippen LogP contribution < -0.4 is 0 Å². The van der Waals surface area contributed by atoms with Crippen LogP contribution in [0.4, 0.5) is 0 Å². The van der Waals surface area contributed by atoms with Crippen LogP contribution in [0, 0.1) is 0 Å². The van der Waals surface area contributed by atoms with Gasteiger partial charge in [-0.3, -0.25) is 0 Å². The summed E-state index contributed by atoms with van der Waals surface area (Å²) in [6, 6.07) is 13.3. The molecule has 0 atom stereocenters. The Morgan fingerprint density at radius 1 is 1.00 bits per heavy atom. The summed E-state index contributed by atoms with van der Waals surface area (Å²) in [7, 11) is 0. The van der Waals surface area contributed by atoms with Crippen LogP contribution in [-0.2, 0) is 17.3 Å². The lowest BCUT2D eigenvalue weighted by atomic mass is 9.62. The molecule has 4 heteroatoms. The molecule has 3 aromatic rings. The maximum absolute atomic E-state index is 3.98. The summed E-state index contributed by atoms with van der Waals surface area (Å²) in [6.07, 6.45) is 5.81. The molecule has 30 heavy (non-hydrogen) atoms. The standard InChI is InChI=1S/C26H32N4/c1-7-19-15-22-23(26(5,6)13-12-25(22,3)4)16-21(19)17(2)14-18-8-10-20(11-9-18)24-27-29-30-28-24/h8-11,14-16H,7,12-13H2,1-6H3,(H,27,28,29,30)/b17-14+. The predicted molar refractivity (Wildman–Crippen MR) is 124 cm³/mol. The number of aromatic nitrogens is 4. The third-order valence-corrected chi connectivity index (χ3v) is 6.79. The fraction of sp³-hybridized carbons (Fsp3) is 0.423. The highest BCUT2D eigenvalue weighted by Gasteiger charge is 2.37. The fourth-order valence-corrected chi connectivity index (χ4v) is 4.66. The first-order chi connectivity index (χ1) is 14.2. The number of hydrogen-bond acceptors (Lipinski definition) is 3. The van der Waals surface area contributed by atoms with Gasteiger partial charge >= 0.3 is 0 Å². The van der Waals surface area contributed by atoms with E-state index in [0.717, 1.165) is 12.0 Å². The Labute approximate surface area is 179 Å². The predicted octanol–water partition coefficient (Wildman–Crippen LogP) is 6.34. The van der Waals surface area contributed by atoms with Crippen LogP contribution in [-0.4, -0.2) is 20.6 Å². The lowest BCUT2D eigenvalue weighted by Crippen LogP contribution is -2.34. The largest absolute Gasteiger partial charge is 0.239 e. The average Bonchev–Trinajstić information content (AvgIpc) is 3.26. The van der Waals surface area contributed by atoms with Crippen LogP contribution in [0.3, 0.4) is 0 Å². The minimum absolute atomic E-state index is 0.221. The normalized spacial score (nSPS) is 17.6. The van der Waals surface area contributed by atoms with E-state index < -0.39 is 0 Å². The molecule has 0 unspecified atom stereocenters. The van der Waals surface area contributed by atoms with Crippen LogP contribution in [0.1, 0.15) is 82.2 Å². The summed E-state index contributed by atoms with van der Waals surface area (Å²) < 4.78 is 0. The van der Waals surface area contributed by atoms with E-state index in [0.29, 0.717) is 5.82 Å². The van der Waals surface area contributed by atoms with Crippen molar-refractivity contribution in [2.45, 2.75) is 71.6 Å². The smallest absolute Gasteiger partial charge is 0.179 e. The summed E-state index contributed by atoms with van der Waals surface area (Å²) in [5.41, 5.74) is 9.83. The molecule has 1 aromatic heterocycles. The number of aromatic amines is 1. The second-order valence-corrected chi connectivity index (χ2v) is 9.88. The molecular formula is C26H32N4. The topological polar surface area (TPSA) is 54.5 Å². The SMILES string of the molecule is CCc1cc2c(cc1/C(C)=C/c1ccc(-c3nnn[nH]3)cc1)C(C)(C)CCC2(C)C. The zero-order valence-corrected chi connectivity index (χ0v) is 19.0. The van der Waals surface area contributed by atoms with Gasteiger partial charge in [-0.05, 0) is 80.8 Å². The van der Waals surface area contributed by atoms with E-state index in [4.69, 9.17) is 0 Å². The van der Waals surface area contributed by atoms with Crippen molar-refractivity contribution in [3.05, 3.63) is 64.2 Å². The molecule has 4 rings (SSSR count). The van der Waals surface area contributed by atoms with E-state index in [1.807, 2.05) is 0 Å². The van der Waals surface area contributed by atoms with Crippen molar-refractivity contribution >= 4 is 11.6 Å². The van der Waals surface area contributed by atoms with Crippen LogP contribution in [0.5, 0.6) is 0 Å². The van der Waals surface area contributed by atoms with Gasteiger partial charge in [0.05, 0.1) is 0 Å². The number of hydrogen-bond donors (Lipinski definition) is 1. The number of nitrogens with one attached hydrogen (secondary N) is 1. The summed E-state index contributed by atoms with van der Waals surface area (Å²) in [6.45, 7) is 14.1. The van der Waals surface area contributed by atoms with E-state index in [9.17, 15) is 0 Å². The first-order valence-corrected chi connectivity index (χ1v) is 10.9. The van der Waals surface area contributed by atoms with Gasteiger partial charge in [0.1, 0.15) is 0 Å². The van der Waals surface area contributed by atoms with E-state index in [-0.39, 0.29) is 10.8 Å². The first kappa shape index (κ1) is 20.5. The van der Waals surface area contributed by atoms with Crippen molar-refractivity contribution in [2.75, 3.05) is 0 Å². The third kappa shape index (κ3) is 3.71. The number of allylic oxidation sites excluding steroid dienone is 1. The van der Waals surface area contributed by atoms with Crippen LogP contribution in [0.15, 0.2) is 36.4 Å². The molecule has 0 spiro atoms. The van der Waals surface area contributed by atoms with Crippen LogP contribution in [0.2, 0.25) is 0 Å². The van der Waals surface area contributed by atoms with E-state index in [1.165, 1.54) is 46.2 Å². The monoisotopic (exact) mass is 400 g/mol. The number of aryl methyl sites for hydroxylation is 1. The van der Waals surface area contributed by atoms with Gasteiger partial charge in [0.25, 0.3) is 0 Å². The van der Waals surface area contributed by atoms with Gasteiger partial charge in [-0.15, -0.1) is 5.10 Å². The highest BCUT2D eigenvalue weighted by molar-refractivity contribution is 5.82. The molecular weight excluding hydrogens is 368 g/mol. The molecule has 1 aliphatic carbocycles. The van der Waals surface area contributed by atoms with Crippen LogP contribution in [0.25, 0.3) is 23.0 Å². The Balaban J connectivity index is 1.74. The fourth-order valence-electron chi connectivity index (χ4n) is 4.66. The summed E-state index contributed by atoms with van der Waals surface area (Å²) in [4.78, 5) is 0. The number of benzene rings is 2. The Hall–Kier alpha value is -2.75. The summed E-state index contributed by atoms with van der Waals surface area (Å²) in [5.74, 6) is 0.690. The Kier molecular flexibility index (Phi) is 5.13. The van der Waals surface area contributed by atoms with Gasteiger partial charge in [-0.2, -0.15) is 0 Å². The van der Waals surface area contributed by atoms with Gasteiger partial charge in [0.15, 0.2) is 5.82 Å². The van der Waals surface area contributed by atoms with Crippen molar-refractivity contribution < 1.29 is 0 Å². The number of rotatable bonds is 4. The van der Waals surface area contributed by atoms with Crippen molar-refractivity contribution in [1.29, 1.82) is 0 Å². The number of tetrazole rings is 1. The van der Waals surface area contributed by atoms with E-state index in [1.54, 1.807) is 0 Å².